The molecule has 3 atom stereocenters. The van der Waals surface area contributed by atoms with Gasteiger partial charge in [0.15, 0.2) is 0 Å². The third-order valence-electron chi connectivity index (χ3n) is 2.79. The first kappa shape index (κ1) is 12.7. The molecule has 1 aliphatic carbocycles. The van der Waals surface area contributed by atoms with Crippen LogP contribution in [0.2, 0.25) is 0 Å². The van der Waals surface area contributed by atoms with Gasteiger partial charge in [-0.1, -0.05) is 0 Å². The molecule has 0 aromatic carbocycles. The average Bonchev–Trinajstić information content (AvgIpc) is 2.27. The lowest BCUT2D eigenvalue weighted by Gasteiger charge is -2.32. The Balaban J connectivity index is 2.56. The second-order valence-corrected chi connectivity index (χ2v) is 3.67. The summed E-state index contributed by atoms with van der Waals surface area (Å²) < 4.78 is 9.72. The molecule has 1 fully saturated rings. The Bertz CT molecular complexity index is 269. The standard InChI is InChI=1S/C9H15NO6/c1-14-8-5-6(9(11)15-2)3-4-7(8)16-10(12)13/h6-8H,3-5H2,1-2H3/t6-,7?,8?/m0/s1. The molecule has 7 heteroatoms. The minimum atomic E-state index is -0.824. The Morgan fingerprint density at radius 1 is 1.31 bits per heavy atom. The van der Waals surface area contributed by atoms with Crippen LogP contribution >= 0.6 is 0 Å². The SMILES string of the molecule is COC(=O)[C@H]1CCC(O[N+](=O)[O-])C(OC)C1. The Morgan fingerprint density at radius 3 is 2.50 bits per heavy atom. The van der Waals surface area contributed by atoms with Crippen molar-refractivity contribution in [3.8, 4) is 0 Å². The molecular formula is C9H15NO6. The summed E-state index contributed by atoms with van der Waals surface area (Å²) in [5, 5.41) is 9.41. The van der Waals surface area contributed by atoms with Crippen LogP contribution in [0.25, 0.3) is 0 Å². The van der Waals surface area contributed by atoms with Gasteiger partial charge in [0.05, 0.1) is 19.1 Å². The lowest BCUT2D eigenvalue weighted by molar-refractivity contribution is -0.771. The number of carbonyl (C=O) groups excluding carboxylic acids is 1. The van der Waals surface area contributed by atoms with Crippen molar-refractivity contribution >= 4 is 5.97 Å². The Kier molecular flexibility index (Phi) is 4.48. The highest BCUT2D eigenvalue weighted by molar-refractivity contribution is 5.72. The molecule has 0 spiro atoms. The number of hydrogen-bond donors (Lipinski definition) is 0. The zero-order chi connectivity index (χ0) is 12.1. The van der Waals surface area contributed by atoms with E-state index in [0.29, 0.717) is 19.3 Å². The fourth-order valence-corrected chi connectivity index (χ4v) is 1.96. The van der Waals surface area contributed by atoms with Gasteiger partial charge in [-0.15, -0.1) is 10.1 Å². The molecule has 1 rings (SSSR count). The highest BCUT2D eigenvalue weighted by Gasteiger charge is 2.36. The monoisotopic (exact) mass is 233 g/mol. The maximum Gasteiger partial charge on any atom is 0.308 e. The van der Waals surface area contributed by atoms with E-state index in [1.807, 2.05) is 0 Å². The summed E-state index contributed by atoms with van der Waals surface area (Å²) in [5.74, 6) is -0.567. The summed E-state index contributed by atoms with van der Waals surface area (Å²) in [7, 11) is 2.77. The number of nitrogens with zero attached hydrogens (tertiary/aromatic N) is 1. The molecular weight excluding hydrogens is 218 g/mol. The van der Waals surface area contributed by atoms with Crippen molar-refractivity contribution in [1.29, 1.82) is 0 Å². The van der Waals surface area contributed by atoms with Crippen molar-refractivity contribution in [1.82, 2.24) is 0 Å². The summed E-state index contributed by atoms with van der Waals surface area (Å²) in [6, 6.07) is 0. The van der Waals surface area contributed by atoms with Gasteiger partial charge < -0.3 is 14.3 Å². The molecule has 0 radical (unpaired) electrons. The zero-order valence-electron chi connectivity index (χ0n) is 9.25. The van der Waals surface area contributed by atoms with Crippen molar-refractivity contribution in [2.24, 2.45) is 5.92 Å². The normalized spacial score (nSPS) is 29.5. The maximum absolute atomic E-state index is 11.3. The molecule has 0 amide bonds. The first-order chi connectivity index (χ1) is 7.58. The second kappa shape index (κ2) is 5.64. The molecule has 0 saturated heterocycles. The lowest BCUT2D eigenvalue weighted by atomic mass is 9.85. The van der Waals surface area contributed by atoms with E-state index < -0.39 is 17.3 Å². The van der Waals surface area contributed by atoms with E-state index in [1.54, 1.807) is 0 Å². The average molecular weight is 233 g/mol. The zero-order valence-corrected chi connectivity index (χ0v) is 9.25. The van der Waals surface area contributed by atoms with Crippen molar-refractivity contribution in [3.05, 3.63) is 10.1 Å². The number of rotatable bonds is 4. The van der Waals surface area contributed by atoms with Gasteiger partial charge in [0.25, 0.3) is 5.09 Å². The topological polar surface area (TPSA) is 87.9 Å². The summed E-state index contributed by atoms with van der Waals surface area (Å²) in [5.41, 5.74) is 0. The molecule has 1 aliphatic rings. The molecule has 2 unspecified atom stereocenters. The van der Waals surface area contributed by atoms with Crippen LogP contribution in [0, 0.1) is 16.0 Å². The van der Waals surface area contributed by atoms with Crippen LogP contribution in [0.3, 0.4) is 0 Å². The first-order valence-corrected chi connectivity index (χ1v) is 5.00. The maximum atomic E-state index is 11.3. The van der Waals surface area contributed by atoms with Crippen LogP contribution in [-0.4, -0.2) is 37.5 Å². The lowest BCUT2D eigenvalue weighted by Crippen LogP contribution is -2.40. The highest BCUT2D eigenvalue weighted by atomic mass is 17.0. The Labute approximate surface area is 92.8 Å². The van der Waals surface area contributed by atoms with Gasteiger partial charge in [-0.3, -0.25) is 4.79 Å². The number of ether oxygens (including phenoxy) is 2. The van der Waals surface area contributed by atoms with Crippen molar-refractivity contribution < 1.29 is 24.2 Å². The highest BCUT2D eigenvalue weighted by Crippen LogP contribution is 2.29. The largest absolute Gasteiger partial charge is 0.469 e. The third kappa shape index (κ3) is 3.06. The van der Waals surface area contributed by atoms with Gasteiger partial charge in [0.1, 0.15) is 6.10 Å². The molecule has 0 aromatic rings. The van der Waals surface area contributed by atoms with Crippen LogP contribution in [-0.2, 0) is 19.1 Å². The van der Waals surface area contributed by atoms with E-state index in [4.69, 9.17) is 4.74 Å². The molecule has 0 aliphatic heterocycles. The number of carbonyl (C=O) groups is 1. The first-order valence-electron chi connectivity index (χ1n) is 5.00. The van der Waals surface area contributed by atoms with E-state index >= 15 is 0 Å². The van der Waals surface area contributed by atoms with E-state index in [-0.39, 0.29) is 11.9 Å². The van der Waals surface area contributed by atoms with E-state index in [0.717, 1.165) is 0 Å². The second-order valence-electron chi connectivity index (χ2n) is 3.67. The number of esters is 1. The van der Waals surface area contributed by atoms with Crippen LogP contribution in [0.1, 0.15) is 19.3 Å². The van der Waals surface area contributed by atoms with Gasteiger partial charge in [0, 0.05) is 7.11 Å². The van der Waals surface area contributed by atoms with E-state index in [9.17, 15) is 14.9 Å². The minimum absolute atomic E-state index is 0.262. The van der Waals surface area contributed by atoms with E-state index in [2.05, 4.69) is 9.57 Å². The number of hydrogen-bond acceptors (Lipinski definition) is 6. The molecule has 0 N–H and O–H groups in total. The van der Waals surface area contributed by atoms with Crippen molar-refractivity contribution in [3.63, 3.8) is 0 Å². The van der Waals surface area contributed by atoms with Gasteiger partial charge >= 0.3 is 5.97 Å². The molecule has 92 valence electrons. The summed E-state index contributed by atoms with van der Waals surface area (Å²) in [4.78, 5) is 26.0. The van der Waals surface area contributed by atoms with Crippen LogP contribution < -0.4 is 0 Å². The molecule has 16 heavy (non-hydrogen) atoms. The van der Waals surface area contributed by atoms with Crippen LogP contribution in [0.4, 0.5) is 0 Å². The summed E-state index contributed by atoms with van der Waals surface area (Å²) >= 11 is 0. The smallest absolute Gasteiger partial charge is 0.308 e. The predicted octanol–water partition coefficient (Wildman–Crippen LogP) is 0.551. The van der Waals surface area contributed by atoms with E-state index in [1.165, 1.54) is 14.2 Å². The van der Waals surface area contributed by atoms with Crippen molar-refractivity contribution in [2.45, 2.75) is 31.5 Å². The quantitative estimate of drug-likeness (QED) is 0.400. The fraction of sp³-hybridized carbons (Fsp3) is 0.889. The van der Waals surface area contributed by atoms with Crippen LogP contribution in [0.15, 0.2) is 0 Å². The van der Waals surface area contributed by atoms with Crippen molar-refractivity contribution in [2.75, 3.05) is 14.2 Å². The molecule has 0 aromatic heterocycles. The van der Waals surface area contributed by atoms with Gasteiger partial charge in [-0.25, -0.2) is 0 Å². The predicted molar refractivity (Wildman–Crippen MR) is 52.0 cm³/mol. The molecule has 0 bridgehead atoms. The van der Waals surface area contributed by atoms with Gasteiger partial charge in [-0.2, -0.15) is 0 Å². The van der Waals surface area contributed by atoms with Crippen LogP contribution in [0.5, 0.6) is 0 Å². The molecule has 0 heterocycles. The third-order valence-corrected chi connectivity index (χ3v) is 2.79. The molecule has 1 saturated carbocycles. The fourth-order valence-electron chi connectivity index (χ4n) is 1.96. The van der Waals surface area contributed by atoms with Gasteiger partial charge in [0.2, 0.25) is 0 Å². The van der Waals surface area contributed by atoms with Gasteiger partial charge in [-0.05, 0) is 19.3 Å². The Hall–Kier alpha value is -1.37. The minimum Gasteiger partial charge on any atom is -0.469 e. The Morgan fingerprint density at radius 2 is 2.00 bits per heavy atom. The number of methoxy groups -OCH3 is 2. The summed E-state index contributed by atoms with van der Waals surface area (Å²) in [6.45, 7) is 0. The summed E-state index contributed by atoms with van der Waals surface area (Å²) in [6.07, 6.45) is 0.288. The molecule has 7 nitrogen and oxygen atoms in total.